The maximum atomic E-state index is 12.1. The molecule has 0 spiro atoms. The number of piperidine rings is 1. The second-order valence-corrected chi connectivity index (χ2v) is 5.48. The van der Waals surface area contributed by atoms with Crippen molar-refractivity contribution in [1.29, 1.82) is 0 Å². The Morgan fingerprint density at radius 3 is 2.67 bits per heavy atom. The first-order valence-electron chi connectivity index (χ1n) is 7.21. The number of amides is 3. The van der Waals surface area contributed by atoms with Crippen LogP contribution in [0.5, 0.6) is 0 Å². The number of hydrogen-bond acceptors (Lipinski definition) is 3. The highest BCUT2D eigenvalue weighted by Gasteiger charge is 2.24. The molecule has 2 atom stereocenters. The molecule has 21 heavy (non-hydrogen) atoms. The van der Waals surface area contributed by atoms with Crippen LogP contribution in [0.4, 0.5) is 10.5 Å². The van der Waals surface area contributed by atoms with Crippen LogP contribution in [0, 0.1) is 5.92 Å². The number of primary amides is 1. The molecule has 0 aliphatic carbocycles. The van der Waals surface area contributed by atoms with E-state index < -0.39 is 6.03 Å². The minimum atomic E-state index is -0.587. The number of nitrogens with one attached hydrogen (secondary N) is 3. The van der Waals surface area contributed by atoms with Gasteiger partial charge >= 0.3 is 6.03 Å². The van der Waals surface area contributed by atoms with E-state index in [1.54, 1.807) is 12.1 Å². The smallest absolute Gasteiger partial charge is 0.316 e. The molecule has 1 aliphatic rings. The van der Waals surface area contributed by atoms with Gasteiger partial charge in [-0.25, -0.2) is 4.79 Å². The molecule has 3 amide bonds. The number of nitrogens with two attached hydrogens (primary N) is 1. The van der Waals surface area contributed by atoms with E-state index in [4.69, 9.17) is 5.73 Å². The summed E-state index contributed by atoms with van der Waals surface area (Å²) in [5, 5.41) is 8.81. The topological polar surface area (TPSA) is 96.2 Å². The highest BCUT2D eigenvalue weighted by molar-refractivity contribution is 5.87. The van der Waals surface area contributed by atoms with Crippen molar-refractivity contribution in [3.05, 3.63) is 29.8 Å². The second kappa shape index (κ2) is 7.08. The van der Waals surface area contributed by atoms with Crippen molar-refractivity contribution in [2.75, 3.05) is 11.9 Å². The average molecular weight is 290 g/mol. The van der Waals surface area contributed by atoms with Crippen LogP contribution in [0.25, 0.3) is 0 Å². The summed E-state index contributed by atoms with van der Waals surface area (Å²) in [5.74, 6) is 0.208. The normalized spacial score (nSPS) is 21.6. The summed E-state index contributed by atoms with van der Waals surface area (Å²) in [6.45, 7) is 3.49. The Labute approximate surface area is 124 Å². The van der Waals surface area contributed by atoms with E-state index in [1.165, 1.54) is 0 Å². The van der Waals surface area contributed by atoms with E-state index in [2.05, 4.69) is 22.9 Å². The summed E-state index contributed by atoms with van der Waals surface area (Å²) in [6.07, 6.45) is 1.77. The lowest BCUT2D eigenvalue weighted by Gasteiger charge is -2.27. The van der Waals surface area contributed by atoms with Gasteiger partial charge in [-0.3, -0.25) is 4.79 Å². The molecule has 0 saturated carbocycles. The predicted octanol–water partition coefficient (Wildman–Crippen LogP) is 1.18. The Morgan fingerprint density at radius 2 is 2.05 bits per heavy atom. The molecule has 1 aromatic rings. The summed E-state index contributed by atoms with van der Waals surface area (Å²) < 4.78 is 0. The number of hydrogen-bond donors (Lipinski definition) is 4. The molecular weight excluding hydrogens is 268 g/mol. The van der Waals surface area contributed by atoms with Crippen LogP contribution in [0.2, 0.25) is 0 Å². The standard InChI is InChI=1S/C15H22N4O2/c1-10-8-12(6-7-17-10)14(20)18-9-11-2-4-13(5-3-11)19-15(16)21/h2-5,10,12,17H,6-9H2,1H3,(H,18,20)(H3,16,19,21)/t10-,12-/m0/s1. The Hall–Kier alpha value is -2.08. The summed E-state index contributed by atoms with van der Waals surface area (Å²) in [4.78, 5) is 22.8. The van der Waals surface area contributed by atoms with Gasteiger partial charge in [-0.15, -0.1) is 0 Å². The third-order valence-corrected chi connectivity index (χ3v) is 3.68. The van der Waals surface area contributed by atoms with Gasteiger partial charge in [0.15, 0.2) is 0 Å². The minimum absolute atomic E-state index is 0.0945. The molecule has 1 aromatic carbocycles. The second-order valence-electron chi connectivity index (χ2n) is 5.48. The van der Waals surface area contributed by atoms with Crippen LogP contribution in [0.3, 0.4) is 0 Å². The molecule has 114 valence electrons. The van der Waals surface area contributed by atoms with Crippen LogP contribution >= 0.6 is 0 Å². The minimum Gasteiger partial charge on any atom is -0.352 e. The lowest BCUT2D eigenvalue weighted by Crippen LogP contribution is -2.42. The Kier molecular flexibility index (Phi) is 5.16. The molecule has 2 rings (SSSR count). The molecule has 6 nitrogen and oxygen atoms in total. The Morgan fingerprint density at radius 1 is 1.33 bits per heavy atom. The van der Waals surface area contributed by atoms with Gasteiger partial charge in [0.2, 0.25) is 5.91 Å². The zero-order valence-corrected chi connectivity index (χ0v) is 12.2. The maximum Gasteiger partial charge on any atom is 0.316 e. The highest BCUT2D eigenvalue weighted by atomic mass is 16.2. The van der Waals surface area contributed by atoms with Crippen molar-refractivity contribution in [2.45, 2.75) is 32.4 Å². The molecule has 1 heterocycles. The number of carbonyl (C=O) groups is 2. The first kappa shape index (κ1) is 15.3. The quantitative estimate of drug-likeness (QED) is 0.670. The third-order valence-electron chi connectivity index (χ3n) is 3.68. The zero-order chi connectivity index (χ0) is 15.2. The fourth-order valence-electron chi connectivity index (χ4n) is 2.55. The van der Waals surface area contributed by atoms with Crippen LogP contribution in [0.1, 0.15) is 25.3 Å². The zero-order valence-electron chi connectivity index (χ0n) is 12.2. The van der Waals surface area contributed by atoms with Crippen LogP contribution in [-0.4, -0.2) is 24.5 Å². The maximum absolute atomic E-state index is 12.1. The van der Waals surface area contributed by atoms with Crippen molar-refractivity contribution < 1.29 is 9.59 Å². The number of rotatable bonds is 4. The number of carbonyl (C=O) groups excluding carboxylic acids is 2. The van der Waals surface area contributed by atoms with Crippen molar-refractivity contribution in [2.24, 2.45) is 11.7 Å². The SMILES string of the molecule is C[C@H]1C[C@@H](C(=O)NCc2ccc(NC(N)=O)cc2)CCN1. The fourth-order valence-corrected chi connectivity index (χ4v) is 2.55. The van der Waals surface area contributed by atoms with Crippen molar-refractivity contribution in [1.82, 2.24) is 10.6 Å². The van der Waals surface area contributed by atoms with E-state index >= 15 is 0 Å². The van der Waals surface area contributed by atoms with Crippen molar-refractivity contribution in [3.8, 4) is 0 Å². The molecule has 1 fully saturated rings. The molecule has 1 aliphatic heterocycles. The molecule has 0 bridgehead atoms. The van der Waals surface area contributed by atoms with Gasteiger partial charge in [0.05, 0.1) is 0 Å². The van der Waals surface area contributed by atoms with E-state index in [1.807, 2.05) is 12.1 Å². The molecule has 6 heteroatoms. The molecule has 0 radical (unpaired) electrons. The van der Waals surface area contributed by atoms with E-state index in [0.717, 1.165) is 24.9 Å². The van der Waals surface area contributed by atoms with E-state index in [0.29, 0.717) is 18.3 Å². The summed E-state index contributed by atoms with van der Waals surface area (Å²) in [7, 11) is 0. The van der Waals surface area contributed by atoms with Gasteiger partial charge in [0, 0.05) is 24.2 Å². The van der Waals surface area contributed by atoms with Gasteiger partial charge in [0.1, 0.15) is 0 Å². The Bertz CT molecular complexity index is 501. The molecule has 0 unspecified atom stereocenters. The highest BCUT2D eigenvalue weighted by Crippen LogP contribution is 2.16. The summed E-state index contributed by atoms with van der Waals surface area (Å²) >= 11 is 0. The Balaban J connectivity index is 1.82. The van der Waals surface area contributed by atoms with Crippen LogP contribution in [0.15, 0.2) is 24.3 Å². The van der Waals surface area contributed by atoms with Gasteiger partial charge in [-0.05, 0) is 44.0 Å². The van der Waals surface area contributed by atoms with E-state index in [-0.39, 0.29) is 11.8 Å². The average Bonchev–Trinajstić information content (AvgIpc) is 2.45. The van der Waals surface area contributed by atoms with Crippen molar-refractivity contribution >= 4 is 17.6 Å². The fraction of sp³-hybridized carbons (Fsp3) is 0.467. The van der Waals surface area contributed by atoms with Crippen LogP contribution < -0.4 is 21.7 Å². The molecule has 0 aromatic heterocycles. The monoisotopic (exact) mass is 290 g/mol. The number of urea groups is 1. The summed E-state index contributed by atoms with van der Waals surface area (Å²) in [6, 6.07) is 7.05. The first-order valence-corrected chi connectivity index (χ1v) is 7.21. The van der Waals surface area contributed by atoms with Gasteiger partial charge in [0.25, 0.3) is 0 Å². The lowest BCUT2D eigenvalue weighted by atomic mass is 9.92. The van der Waals surface area contributed by atoms with Gasteiger partial charge < -0.3 is 21.7 Å². The number of anilines is 1. The number of benzene rings is 1. The largest absolute Gasteiger partial charge is 0.352 e. The van der Waals surface area contributed by atoms with E-state index in [9.17, 15) is 9.59 Å². The van der Waals surface area contributed by atoms with Crippen LogP contribution in [-0.2, 0) is 11.3 Å². The van der Waals surface area contributed by atoms with Gasteiger partial charge in [-0.2, -0.15) is 0 Å². The third kappa shape index (κ3) is 4.75. The predicted molar refractivity (Wildman–Crippen MR) is 81.7 cm³/mol. The molecule has 1 saturated heterocycles. The first-order chi connectivity index (χ1) is 10.0. The summed E-state index contributed by atoms with van der Waals surface area (Å²) in [5.41, 5.74) is 6.67. The lowest BCUT2D eigenvalue weighted by molar-refractivity contribution is -0.126. The van der Waals surface area contributed by atoms with Crippen molar-refractivity contribution in [3.63, 3.8) is 0 Å². The molecule has 5 N–H and O–H groups in total. The molecular formula is C15H22N4O2. The van der Waals surface area contributed by atoms with Gasteiger partial charge in [-0.1, -0.05) is 12.1 Å².